The Bertz CT molecular complexity index is 744. The molecule has 8 heteroatoms. The SMILES string of the molecule is CCCCCNCCCCCC1CCC(CNS(=O)(=O)c2ccc(C(F)(F)F)cc2)CC1. The first-order valence-electron chi connectivity index (χ1n) is 12.1. The molecule has 1 aliphatic rings. The van der Waals surface area contributed by atoms with E-state index in [2.05, 4.69) is 17.0 Å². The fraction of sp³-hybridized carbons (Fsp3) is 0.750. The highest BCUT2D eigenvalue weighted by Gasteiger charge is 2.31. The molecule has 1 aromatic rings. The zero-order chi connectivity index (χ0) is 23.5. The summed E-state index contributed by atoms with van der Waals surface area (Å²) in [5.74, 6) is 1.03. The lowest BCUT2D eigenvalue weighted by atomic mass is 9.80. The van der Waals surface area contributed by atoms with Crippen molar-refractivity contribution in [2.45, 2.75) is 88.6 Å². The van der Waals surface area contributed by atoms with Crippen molar-refractivity contribution in [2.75, 3.05) is 19.6 Å². The van der Waals surface area contributed by atoms with Gasteiger partial charge in [0.05, 0.1) is 10.5 Å². The smallest absolute Gasteiger partial charge is 0.317 e. The fourth-order valence-electron chi connectivity index (χ4n) is 4.34. The maximum atomic E-state index is 12.7. The lowest BCUT2D eigenvalue weighted by molar-refractivity contribution is -0.137. The first kappa shape index (κ1) is 27.1. The van der Waals surface area contributed by atoms with Gasteiger partial charge in [-0.15, -0.1) is 0 Å². The maximum absolute atomic E-state index is 12.7. The summed E-state index contributed by atoms with van der Waals surface area (Å²) >= 11 is 0. The number of sulfonamides is 1. The largest absolute Gasteiger partial charge is 0.416 e. The van der Waals surface area contributed by atoms with Gasteiger partial charge in [0.1, 0.15) is 0 Å². The van der Waals surface area contributed by atoms with Gasteiger partial charge in [-0.3, -0.25) is 0 Å². The number of hydrogen-bond acceptors (Lipinski definition) is 3. The van der Waals surface area contributed by atoms with E-state index in [0.29, 0.717) is 12.5 Å². The Labute approximate surface area is 191 Å². The van der Waals surface area contributed by atoms with Crippen LogP contribution in [0.5, 0.6) is 0 Å². The van der Waals surface area contributed by atoms with Gasteiger partial charge in [-0.25, -0.2) is 13.1 Å². The van der Waals surface area contributed by atoms with Crippen molar-refractivity contribution in [1.29, 1.82) is 0 Å². The lowest BCUT2D eigenvalue weighted by Gasteiger charge is -2.28. The summed E-state index contributed by atoms with van der Waals surface area (Å²) in [6, 6.07) is 3.65. The van der Waals surface area contributed by atoms with Crippen LogP contribution in [0.4, 0.5) is 13.2 Å². The van der Waals surface area contributed by atoms with Crippen molar-refractivity contribution in [3.8, 4) is 0 Å². The molecule has 2 N–H and O–H groups in total. The second-order valence-electron chi connectivity index (χ2n) is 9.07. The van der Waals surface area contributed by atoms with Gasteiger partial charge in [0.15, 0.2) is 0 Å². The van der Waals surface area contributed by atoms with E-state index in [0.717, 1.165) is 69.0 Å². The molecule has 1 aromatic carbocycles. The Balaban J connectivity index is 1.60. The van der Waals surface area contributed by atoms with Crippen LogP contribution in [0.15, 0.2) is 29.2 Å². The molecule has 1 fully saturated rings. The molecule has 0 atom stereocenters. The molecular weight excluding hydrogens is 437 g/mol. The van der Waals surface area contributed by atoms with Crippen molar-refractivity contribution in [3.05, 3.63) is 29.8 Å². The second kappa shape index (κ2) is 13.6. The summed E-state index contributed by atoms with van der Waals surface area (Å²) in [6.07, 6.45) is 8.59. The molecule has 1 aliphatic carbocycles. The molecular formula is C24H39F3N2O2S. The van der Waals surface area contributed by atoms with Crippen molar-refractivity contribution in [1.82, 2.24) is 10.0 Å². The van der Waals surface area contributed by atoms with E-state index in [1.54, 1.807) is 0 Å². The van der Waals surface area contributed by atoms with E-state index in [9.17, 15) is 21.6 Å². The van der Waals surface area contributed by atoms with E-state index >= 15 is 0 Å². The lowest BCUT2D eigenvalue weighted by Crippen LogP contribution is -2.31. The average Bonchev–Trinajstić information content (AvgIpc) is 2.77. The number of unbranched alkanes of at least 4 members (excludes halogenated alkanes) is 4. The molecule has 0 heterocycles. The van der Waals surface area contributed by atoms with Crippen LogP contribution in [-0.4, -0.2) is 28.1 Å². The van der Waals surface area contributed by atoms with Crippen molar-refractivity contribution >= 4 is 10.0 Å². The minimum absolute atomic E-state index is 0.126. The second-order valence-corrected chi connectivity index (χ2v) is 10.8. The minimum atomic E-state index is -4.47. The number of alkyl halides is 3. The Kier molecular flexibility index (Phi) is 11.5. The normalized spacial score (nSPS) is 19.9. The van der Waals surface area contributed by atoms with Crippen molar-refractivity contribution < 1.29 is 21.6 Å². The third-order valence-corrected chi connectivity index (χ3v) is 7.88. The summed E-state index contributed by atoms with van der Waals surface area (Å²) in [5, 5.41) is 3.51. The Morgan fingerprint density at radius 2 is 1.47 bits per heavy atom. The highest BCUT2D eigenvalue weighted by atomic mass is 32.2. The summed E-state index contributed by atoms with van der Waals surface area (Å²) in [4.78, 5) is -0.126. The predicted octanol–water partition coefficient (Wildman–Crippen LogP) is 6.13. The zero-order valence-corrected chi connectivity index (χ0v) is 20.0. The first-order chi connectivity index (χ1) is 15.2. The summed E-state index contributed by atoms with van der Waals surface area (Å²) in [5.41, 5.74) is -0.849. The van der Waals surface area contributed by atoms with E-state index < -0.39 is 21.8 Å². The van der Waals surface area contributed by atoms with Crippen LogP contribution in [0.1, 0.15) is 83.1 Å². The Hall–Kier alpha value is -1.12. The molecule has 0 saturated heterocycles. The molecule has 0 aliphatic heterocycles. The van der Waals surface area contributed by atoms with Gasteiger partial charge in [0, 0.05) is 6.54 Å². The number of rotatable bonds is 14. The molecule has 0 amide bonds. The van der Waals surface area contributed by atoms with Crippen LogP contribution in [0, 0.1) is 11.8 Å². The van der Waals surface area contributed by atoms with Crippen LogP contribution in [0.25, 0.3) is 0 Å². The quantitative estimate of drug-likeness (QED) is 0.318. The van der Waals surface area contributed by atoms with Gasteiger partial charge >= 0.3 is 6.18 Å². The molecule has 0 radical (unpaired) electrons. The third kappa shape index (κ3) is 9.79. The van der Waals surface area contributed by atoms with E-state index in [1.807, 2.05) is 0 Å². The van der Waals surface area contributed by atoms with Crippen LogP contribution in [-0.2, 0) is 16.2 Å². The van der Waals surface area contributed by atoms with Crippen molar-refractivity contribution in [2.24, 2.45) is 11.8 Å². The van der Waals surface area contributed by atoms with E-state index in [1.165, 1.54) is 44.9 Å². The molecule has 4 nitrogen and oxygen atoms in total. The van der Waals surface area contributed by atoms with Crippen LogP contribution >= 0.6 is 0 Å². The van der Waals surface area contributed by atoms with Crippen LogP contribution < -0.4 is 10.0 Å². The number of halogens is 3. The molecule has 0 aromatic heterocycles. The van der Waals surface area contributed by atoms with Gasteiger partial charge in [0.25, 0.3) is 0 Å². The molecule has 2 rings (SSSR count). The van der Waals surface area contributed by atoms with Gasteiger partial charge in [0.2, 0.25) is 10.0 Å². The third-order valence-electron chi connectivity index (χ3n) is 6.44. The van der Waals surface area contributed by atoms with Gasteiger partial charge in [-0.05, 0) is 74.9 Å². The molecule has 32 heavy (non-hydrogen) atoms. The molecule has 184 valence electrons. The zero-order valence-electron chi connectivity index (χ0n) is 19.2. The standard InChI is InChI=1S/C24H39F3N2O2S/c1-2-3-6-17-28-18-7-4-5-8-20-9-11-21(12-10-20)19-29-32(30,31)23-15-13-22(14-16-23)24(25,26)27/h13-16,20-21,28-29H,2-12,17-19H2,1H3. The fourth-order valence-corrected chi connectivity index (χ4v) is 5.46. The molecule has 0 unspecified atom stereocenters. The van der Waals surface area contributed by atoms with Crippen LogP contribution in [0.2, 0.25) is 0 Å². The van der Waals surface area contributed by atoms with Crippen molar-refractivity contribution in [3.63, 3.8) is 0 Å². The first-order valence-corrected chi connectivity index (χ1v) is 13.6. The summed E-state index contributed by atoms with van der Waals surface area (Å²) < 4.78 is 65.4. The van der Waals surface area contributed by atoms with Crippen LogP contribution in [0.3, 0.4) is 0 Å². The molecule has 1 saturated carbocycles. The van der Waals surface area contributed by atoms with Gasteiger partial charge < -0.3 is 5.32 Å². The highest BCUT2D eigenvalue weighted by molar-refractivity contribution is 7.89. The predicted molar refractivity (Wildman–Crippen MR) is 123 cm³/mol. The summed E-state index contributed by atoms with van der Waals surface area (Å²) in [7, 11) is -3.79. The topological polar surface area (TPSA) is 58.2 Å². The molecule has 0 bridgehead atoms. The maximum Gasteiger partial charge on any atom is 0.416 e. The van der Waals surface area contributed by atoms with E-state index in [4.69, 9.17) is 0 Å². The Morgan fingerprint density at radius 1 is 0.875 bits per heavy atom. The highest BCUT2D eigenvalue weighted by Crippen LogP contribution is 2.32. The number of hydrogen-bond donors (Lipinski definition) is 2. The number of benzene rings is 1. The van der Waals surface area contributed by atoms with Gasteiger partial charge in [-0.1, -0.05) is 51.9 Å². The summed E-state index contributed by atoms with van der Waals surface area (Å²) in [6.45, 7) is 4.80. The number of nitrogens with one attached hydrogen (secondary N) is 2. The minimum Gasteiger partial charge on any atom is -0.317 e. The van der Waals surface area contributed by atoms with E-state index in [-0.39, 0.29) is 4.90 Å². The Morgan fingerprint density at radius 3 is 2.06 bits per heavy atom. The molecule has 0 spiro atoms. The average molecular weight is 477 g/mol. The monoisotopic (exact) mass is 476 g/mol. The van der Waals surface area contributed by atoms with Gasteiger partial charge in [-0.2, -0.15) is 13.2 Å².